The van der Waals surface area contributed by atoms with E-state index in [1.807, 2.05) is 0 Å². The fraction of sp³-hybridized carbons (Fsp3) is 0.833. The number of rotatable bonds is 8. The highest BCUT2D eigenvalue weighted by Gasteiger charge is 2.01. The van der Waals surface area contributed by atoms with E-state index in [1.54, 1.807) is 0 Å². The van der Waals surface area contributed by atoms with Crippen LogP contribution >= 0.6 is 0 Å². The second-order valence-corrected chi connectivity index (χ2v) is 3.63. The molecule has 0 aromatic heterocycles. The van der Waals surface area contributed by atoms with Gasteiger partial charge in [0.15, 0.2) is 0 Å². The summed E-state index contributed by atoms with van der Waals surface area (Å²) in [6.07, 6.45) is 11.7. The first-order chi connectivity index (χ1) is 6.35. The summed E-state index contributed by atoms with van der Waals surface area (Å²) in [6.45, 7) is 4.66. The topological polar surface area (TPSA) is 20.2 Å². The first kappa shape index (κ1) is 12.7. The minimum Gasteiger partial charge on any atom is -0.396 e. The third-order valence-corrected chi connectivity index (χ3v) is 2.31. The van der Waals surface area contributed by atoms with Crippen molar-refractivity contribution in [2.75, 3.05) is 6.61 Å². The van der Waals surface area contributed by atoms with Crippen molar-refractivity contribution in [2.24, 2.45) is 5.92 Å². The number of aliphatic hydroxyl groups excluding tert-OH is 1. The Balaban J connectivity index is 3.42. The zero-order valence-corrected chi connectivity index (χ0v) is 9.13. The van der Waals surface area contributed by atoms with Gasteiger partial charge in [-0.1, -0.05) is 51.7 Å². The molecule has 0 saturated heterocycles. The Morgan fingerprint density at radius 3 is 2.46 bits per heavy atom. The monoisotopic (exact) mass is 184 g/mol. The lowest BCUT2D eigenvalue weighted by Crippen LogP contribution is -2.02. The third-order valence-electron chi connectivity index (χ3n) is 2.31. The van der Waals surface area contributed by atoms with Crippen LogP contribution in [0.3, 0.4) is 0 Å². The quantitative estimate of drug-likeness (QED) is 0.452. The van der Waals surface area contributed by atoms with Crippen LogP contribution in [-0.2, 0) is 0 Å². The average Bonchev–Trinajstić information content (AvgIpc) is 2.17. The molecular weight excluding hydrogens is 160 g/mol. The van der Waals surface area contributed by atoms with Crippen LogP contribution in [-0.4, -0.2) is 11.7 Å². The van der Waals surface area contributed by atoms with Crippen molar-refractivity contribution in [2.45, 2.75) is 52.4 Å². The molecule has 0 heterocycles. The molecule has 78 valence electrons. The second-order valence-electron chi connectivity index (χ2n) is 3.63. The predicted octanol–water partition coefficient (Wildman–Crippen LogP) is 3.53. The number of hydrogen-bond donors (Lipinski definition) is 1. The van der Waals surface area contributed by atoms with Gasteiger partial charge in [-0.3, -0.25) is 0 Å². The Morgan fingerprint density at radius 1 is 1.15 bits per heavy atom. The molecule has 0 fully saturated rings. The van der Waals surface area contributed by atoms with E-state index in [0.717, 1.165) is 12.8 Å². The standard InChI is InChI=1S/C12H24O/c1-3-5-7-8-10-12(11-13)9-6-4-2/h6,9,12-13H,3-5,7-8,10-11H2,1-2H3. The van der Waals surface area contributed by atoms with E-state index >= 15 is 0 Å². The molecule has 1 N–H and O–H groups in total. The van der Waals surface area contributed by atoms with E-state index in [0.29, 0.717) is 12.5 Å². The Morgan fingerprint density at radius 2 is 1.92 bits per heavy atom. The Kier molecular flexibility index (Phi) is 9.56. The fourth-order valence-corrected chi connectivity index (χ4v) is 1.41. The van der Waals surface area contributed by atoms with Crippen molar-refractivity contribution in [1.29, 1.82) is 0 Å². The van der Waals surface area contributed by atoms with Gasteiger partial charge in [0.05, 0.1) is 0 Å². The zero-order chi connectivity index (χ0) is 9.94. The number of allylic oxidation sites excluding steroid dienone is 1. The lowest BCUT2D eigenvalue weighted by Gasteiger charge is -2.08. The highest BCUT2D eigenvalue weighted by molar-refractivity contribution is 4.87. The summed E-state index contributed by atoms with van der Waals surface area (Å²) in [5.41, 5.74) is 0. The summed E-state index contributed by atoms with van der Waals surface area (Å²) in [6, 6.07) is 0. The van der Waals surface area contributed by atoms with Gasteiger partial charge in [-0.05, 0) is 18.8 Å². The summed E-state index contributed by atoms with van der Waals surface area (Å²) in [5.74, 6) is 0.400. The molecule has 0 radical (unpaired) electrons. The maximum absolute atomic E-state index is 9.06. The number of hydrogen-bond acceptors (Lipinski definition) is 1. The lowest BCUT2D eigenvalue weighted by molar-refractivity contribution is 0.243. The zero-order valence-electron chi connectivity index (χ0n) is 9.13. The van der Waals surface area contributed by atoms with E-state index in [9.17, 15) is 0 Å². The van der Waals surface area contributed by atoms with Crippen molar-refractivity contribution in [1.82, 2.24) is 0 Å². The molecule has 0 aliphatic rings. The summed E-state index contributed by atoms with van der Waals surface area (Å²) in [5, 5.41) is 9.06. The maximum atomic E-state index is 9.06. The average molecular weight is 184 g/mol. The summed E-state index contributed by atoms with van der Waals surface area (Å²) >= 11 is 0. The molecule has 0 amide bonds. The van der Waals surface area contributed by atoms with Crippen LogP contribution in [0, 0.1) is 5.92 Å². The molecule has 0 saturated carbocycles. The van der Waals surface area contributed by atoms with Crippen LogP contribution in [0.2, 0.25) is 0 Å². The van der Waals surface area contributed by atoms with Crippen LogP contribution in [0.15, 0.2) is 12.2 Å². The Labute approximate surface area is 82.9 Å². The molecule has 0 rings (SSSR count). The van der Waals surface area contributed by atoms with Gasteiger partial charge in [-0.2, -0.15) is 0 Å². The van der Waals surface area contributed by atoms with Crippen LogP contribution in [0.25, 0.3) is 0 Å². The molecule has 1 heteroatoms. The molecular formula is C12H24O. The van der Waals surface area contributed by atoms with Crippen LogP contribution in [0.1, 0.15) is 52.4 Å². The van der Waals surface area contributed by atoms with E-state index in [4.69, 9.17) is 5.11 Å². The number of unbranched alkanes of at least 4 members (excludes halogenated alkanes) is 3. The third kappa shape index (κ3) is 8.04. The summed E-state index contributed by atoms with van der Waals surface area (Å²) in [7, 11) is 0. The highest BCUT2D eigenvalue weighted by Crippen LogP contribution is 2.11. The van der Waals surface area contributed by atoms with Gasteiger partial charge in [0.2, 0.25) is 0 Å². The SMILES string of the molecule is CCC=CC(CO)CCCCCC. The Hall–Kier alpha value is -0.300. The van der Waals surface area contributed by atoms with E-state index in [2.05, 4.69) is 26.0 Å². The van der Waals surface area contributed by atoms with Crippen molar-refractivity contribution in [3.05, 3.63) is 12.2 Å². The van der Waals surface area contributed by atoms with Crippen LogP contribution in [0.5, 0.6) is 0 Å². The minimum absolute atomic E-state index is 0.308. The van der Waals surface area contributed by atoms with Crippen LogP contribution in [0.4, 0.5) is 0 Å². The number of aliphatic hydroxyl groups is 1. The Bertz CT molecular complexity index is 118. The molecule has 0 aromatic rings. The normalized spacial score (nSPS) is 13.8. The van der Waals surface area contributed by atoms with E-state index in [-0.39, 0.29) is 0 Å². The van der Waals surface area contributed by atoms with E-state index in [1.165, 1.54) is 25.7 Å². The van der Waals surface area contributed by atoms with Gasteiger partial charge in [-0.15, -0.1) is 0 Å². The highest BCUT2D eigenvalue weighted by atomic mass is 16.3. The molecule has 1 atom stereocenters. The van der Waals surface area contributed by atoms with Gasteiger partial charge in [0.25, 0.3) is 0 Å². The van der Waals surface area contributed by atoms with Crippen molar-refractivity contribution < 1.29 is 5.11 Å². The molecule has 0 aromatic carbocycles. The van der Waals surface area contributed by atoms with Crippen molar-refractivity contribution in [3.8, 4) is 0 Å². The van der Waals surface area contributed by atoms with Gasteiger partial charge < -0.3 is 5.11 Å². The molecule has 0 aliphatic carbocycles. The molecule has 1 unspecified atom stereocenters. The van der Waals surface area contributed by atoms with Crippen molar-refractivity contribution in [3.63, 3.8) is 0 Å². The maximum Gasteiger partial charge on any atom is 0.0493 e. The van der Waals surface area contributed by atoms with Gasteiger partial charge in [0.1, 0.15) is 0 Å². The first-order valence-electron chi connectivity index (χ1n) is 5.62. The molecule has 0 aliphatic heterocycles. The lowest BCUT2D eigenvalue weighted by atomic mass is 10.0. The second kappa shape index (κ2) is 9.79. The van der Waals surface area contributed by atoms with Crippen LogP contribution < -0.4 is 0 Å². The summed E-state index contributed by atoms with van der Waals surface area (Å²) in [4.78, 5) is 0. The van der Waals surface area contributed by atoms with Gasteiger partial charge in [0, 0.05) is 6.61 Å². The van der Waals surface area contributed by atoms with Crippen molar-refractivity contribution >= 4 is 0 Å². The van der Waals surface area contributed by atoms with Gasteiger partial charge in [-0.25, -0.2) is 0 Å². The van der Waals surface area contributed by atoms with Gasteiger partial charge >= 0.3 is 0 Å². The molecule has 1 nitrogen and oxygen atoms in total. The largest absolute Gasteiger partial charge is 0.396 e. The fourth-order valence-electron chi connectivity index (χ4n) is 1.41. The first-order valence-corrected chi connectivity index (χ1v) is 5.62. The molecule has 0 spiro atoms. The molecule has 0 bridgehead atoms. The molecule has 13 heavy (non-hydrogen) atoms. The predicted molar refractivity (Wildman–Crippen MR) is 58.8 cm³/mol. The van der Waals surface area contributed by atoms with E-state index < -0.39 is 0 Å². The summed E-state index contributed by atoms with van der Waals surface area (Å²) < 4.78 is 0. The smallest absolute Gasteiger partial charge is 0.0493 e. The minimum atomic E-state index is 0.308.